The van der Waals surface area contributed by atoms with Gasteiger partial charge in [0.2, 0.25) is 0 Å². The van der Waals surface area contributed by atoms with Crippen LogP contribution in [-0.4, -0.2) is 4.74 Å². The van der Waals surface area contributed by atoms with Crippen LogP contribution in [0.1, 0.15) is 0 Å². The molecule has 0 aliphatic carbocycles. The summed E-state index contributed by atoms with van der Waals surface area (Å²) < 4.78 is 3.61. The number of rotatable bonds is 2. The third kappa shape index (κ3) is 4.84. The summed E-state index contributed by atoms with van der Waals surface area (Å²) in [5.74, 6) is 0. The molecule has 0 aromatic carbocycles. The maximum absolute atomic E-state index is 3.61. The molecule has 0 spiro atoms. The highest BCUT2D eigenvalue weighted by Gasteiger charge is 1.59. The minimum absolute atomic E-state index is 1.44. The number of hydrogen-bond acceptors (Lipinski definition) is 0. The van der Waals surface area contributed by atoms with Crippen LogP contribution in [0, 0.1) is 0 Å². The van der Waals surface area contributed by atoms with Gasteiger partial charge in [-0.2, -0.15) is 0 Å². The molecule has 0 aromatic rings. The first-order chi connectivity index (χ1) is 3.41. The molecular weight excluding hydrogens is 88.1 g/mol. The minimum atomic E-state index is 1.44. The summed E-state index contributed by atoms with van der Waals surface area (Å²) in [4.78, 5) is 0. The first-order valence-corrected chi connectivity index (χ1v) is 1.80. The van der Waals surface area contributed by atoms with Gasteiger partial charge in [0.1, 0.15) is 0 Å². The van der Waals surface area contributed by atoms with E-state index >= 15 is 0 Å². The SMILES string of the molecule is C=C=C[OH+]C=C=C. The first kappa shape index (κ1) is 5.84. The lowest BCUT2D eigenvalue weighted by atomic mass is 10.9. The quantitative estimate of drug-likeness (QED) is 0.281. The fraction of sp³-hybridized carbons (Fsp3) is 0. The molecule has 0 saturated heterocycles. The van der Waals surface area contributed by atoms with E-state index in [0.717, 1.165) is 0 Å². The topological polar surface area (TPSA) is 12.8 Å². The van der Waals surface area contributed by atoms with E-state index in [1.165, 1.54) is 12.5 Å². The Hall–Kier alpha value is -1.16. The van der Waals surface area contributed by atoms with Crippen molar-refractivity contribution in [2.75, 3.05) is 0 Å². The largest absolute Gasteiger partial charge is 0.545 e. The van der Waals surface area contributed by atoms with Gasteiger partial charge in [-0.1, -0.05) is 0 Å². The van der Waals surface area contributed by atoms with Crippen molar-refractivity contribution in [3.63, 3.8) is 0 Å². The number of aliphatic hydroxyl groups is 2. The molecule has 0 atom stereocenters. The van der Waals surface area contributed by atoms with Crippen LogP contribution in [-0.2, 0) is 0 Å². The molecule has 7 heavy (non-hydrogen) atoms. The molecule has 0 bridgehead atoms. The predicted molar refractivity (Wildman–Crippen MR) is 30.0 cm³/mol. The van der Waals surface area contributed by atoms with Crippen LogP contribution < -0.4 is 0 Å². The lowest BCUT2D eigenvalue weighted by molar-refractivity contribution is 0.192. The highest BCUT2D eigenvalue weighted by atomic mass is 16.5. The van der Waals surface area contributed by atoms with Crippen molar-refractivity contribution < 1.29 is 4.74 Å². The Bertz CT molecular complexity index is 107. The van der Waals surface area contributed by atoms with E-state index in [0.29, 0.717) is 0 Å². The Kier molecular flexibility index (Phi) is 4.04. The second kappa shape index (κ2) is 4.84. The van der Waals surface area contributed by atoms with Crippen LogP contribution in [0.2, 0.25) is 0 Å². The van der Waals surface area contributed by atoms with E-state index in [1.807, 2.05) is 0 Å². The zero-order chi connectivity index (χ0) is 5.54. The molecule has 1 N–H and O–H groups in total. The lowest BCUT2D eigenvalue weighted by Gasteiger charge is -1.75. The Morgan fingerprint density at radius 3 is 1.86 bits per heavy atom. The normalized spacial score (nSPS) is 5.14. The molecule has 0 fully saturated rings. The average Bonchev–Trinajstić information content (AvgIpc) is 1.69. The van der Waals surface area contributed by atoms with Gasteiger partial charge in [-0.25, -0.2) is 0 Å². The number of hydrogen-bond donors (Lipinski definition) is 0. The fourth-order valence-electron chi connectivity index (χ4n) is 0.143. The second-order valence-electron chi connectivity index (χ2n) is 0.816. The standard InChI is InChI=1S/C6H6O/c1-3-5-7-6-4-2/h5-6H,1-2H2/p+1. The molecule has 1 nitrogen and oxygen atoms in total. The second-order valence-corrected chi connectivity index (χ2v) is 0.816. The van der Waals surface area contributed by atoms with Crippen LogP contribution in [0.15, 0.2) is 37.1 Å². The van der Waals surface area contributed by atoms with Crippen LogP contribution in [0.25, 0.3) is 0 Å². The molecule has 0 saturated carbocycles. The van der Waals surface area contributed by atoms with Gasteiger partial charge in [-0.05, 0) is 24.6 Å². The molecule has 1 heteroatoms. The van der Waals surface area contributed by atoms with Gasteiger partial charge in [0.25, 0.3) is 12.5 Å². The monoisotopic (exact) mass is 95.0 g/mol. The zero-order valence-corrected chi connectivity index (χ0v) is 4.02. The van der Waals surface area contributed by atoms with Crippen molar-refractivity contribution in [3.05, 3.63) is 37.1 Å². The summed E-state index contributed by atoms with van der Waals surface area (Å²) in [6.07, 6.45) is 2.89. The summed E-state index contributed by atoms with van der Waals surface area (Å²) in [6, 6.07) is 0. The van der Waals surface area contributed by atoms with Crippen LogP contribution in [0.3, 0.4) is 0 Å². The summed E-state index contributed by atoms with van der Waals surface area (Å²) >= 11 is 0. The van der Waals surface area contributed by atoms with Gasteiger partial charge >= 0.3 is 0 Å². The number of ether oxygens (including phenoxy) is 1. The smallest absolute Gasteiger partial charge is 0.268 e. The molecular formula is C6H7O+. The zero-order valence-electron chi connectivity index (χ0n) is 4.02. The van der Waals surface area contributed by atoms with Crippen molar-refractivity contribution >= 4 is 0 Å². The Labute approximate surface area is 42.9 Å². The Morgan fingerprint density at radius 1 is 1.14 bits per heavy atom. The van der Waals surface area contributed by atoms with Crippen molar-refractivity contribution in [1.82, 2.24) is 0 Å². The summed E-state index contributed by atoms with van der Waals surface area (Å²) in [5, 5.41) is 0. The first-order valence-electron chi connectivity index (χ1n) is 1.80. The van der Waals surface area contributed by atoms with E-state index in [-0.39, 0.29) is 0 Å². The molecule has 0 aliphatic heterocycles. The molecule has 0 unspecified atom stereocenters. The molecule has 0 aromatic heterocycles. The summed E-state index contributed by atoms with van der Waals surface area (Å²) in [7, 11) is 0. The van der Waals surface area contributed by atoms with Gasteiger partial charge in [-0.3, -0.25) is 0 Å². The third-order valence-electron chi connectivity index (χ3n) is 0.332. The van der Waals surface area contributed by atoms with Crippen LogP contribution in [0.5, 0.6) is 0 Å². The molecule has 0 aliphatic rings. The third-order valence-corrected chi connectivity index (χ3v) is 0.332. The van der Waals surface area contributed by atoms with Gasteiger partial charge in [-0.15, -0.1) is 0 Å². The summed E-state index contributed by atoms with van der Waals surface area (Å²) in [5.41, 5.74) is 4.92. The van der Waals surface area contributed by atoms with Gasteiger partial charge in [0.15, 0.2) is 0 Å². The maximum atomic E-state index is 3.61. The molecule has 0 radical (unpaired) electrons. The van der Waals surface area contributed by atoms with Gasteiger partial charge < -0.3 is 4.74 Å². The van der Waals surface area contributed by atoms with Crippen molar-refractivity contribution in [1.29, 1.82) is 0 Å². The average molecular weight is 95.1 g/mol. The fourth-order valence-corrected chi connectivity index (χ4v) is 0.143. The van der Waals surface area contributed by atoms with Crippen LogP contribution >= 0.6 is 0 Å². The maximum Gasteiger partial charge on any atom is 0.268 e. The van der Waals surface area contributed by atoms with E-state index in [2.05, 4.69) is 29.4 Å². The Balaban J connectivity index is 3.33. The van der Waals surface area contributed by atoms with Gasteiger partial charge in [0, 0.05) is 0 Å². The highest BCUT2D eigenvalue weighted by molar-refractivity contribution is 4.70. The van der Waals surface area contributed by atoms with E-state index in [4.69, 9.17) is 0 Å². The Morgan fingerprint density at radius 2 is 1.57 bits per heavy atom. The lowest BCUT2D eigenvalue weighted by Crippen LogP contribution is -1.65. The predicted octanol–water partition coefficient (Wildman–Crippen LogP) is 1.68. The molecule has 0 amide bonds. The van der Waals surface area contributed by atoms with Crippen LogP contribution in [0.4, 0.5) is 0 Å². The molecule has 0 heterocycles. The minimum Gasteiger partial charge on any atom is -0.545 e. The molecule has 36 valence electrons. The van der Waals surface area contributed by atoms with Gasteiger partial charge in [0.05, 0.1) is 0 Å². The molecule has 0 rings (SSSR count). The van der Waals surface area contributed by atoms with E-state index in [1.54, 1.807) is 0 Å². The highest BCUT2D eigenvalue weighted by Crippen LogP contribution is 1.64. The van der Waals surface area contributed by atoms with Crippen molar-refractivity contribution in [2.24, 2.45) is 0 Å². The summed E-state index contributed by atoms with van der Waals surface area (Å²) in [6.45, 7) is 6.58. The van der Waals surface area contributed by atoms with E-state index in [9.17, 15) is 0 Å². The van der Waals surface area contributed by atoms with Crippen molar-refractivity contribution in [3.8, 4) is 0 Å². The van der Waals surface area contributed by atoms with Crippen molar-refractivity contribution in [2.45, 2.75) is 0 Å². The van der Waals surface area contributed by atoms with E-state index < -0.39 is 0 Å².